The average molecular weight is 410 g/mol. The first-order valence-electron chi connectivity index (χ1n) is 9.83. The molecule has 1 N–H and O–H groups in total. The molecule has 0 aliphatic heterocycles. The second-order valence-corrected chi connectivity index (χ2v) is 7.04. The lowest BCUT2D eigenvalue weighted by atomic mass is 10.0. The fourth-order valence-electron chi connectivity index (χ4n) is 3.04. The molecule has 0 saturated carbocycles. The van der Waals surface area contributed by atoms with Crippen molar-refractivity contribution in [2.24, 2.45) is 0 Å². The predicted molar refractivity (Wildman–Crippen MR) is 115 cm³/mol. The molecule has 30 heavy (non-hydrogen) atoms. The number of aliphatic hydroxyl groups is 1. The van der Waals surface area contributed by atoms with Crippen molar-refractivity contribution in [3.8, 4) is 17.1 Å². The van der Waals surface area contributed by atoms with E-state index >= 15 is 0 Å². The maximum atomic E-state index is 14.7. The van der Waals surface area contributed by atoms with Gasteiger partial charge in [-0.1, -0.05) is 43.0 Å². The lowest BCUT2D eigenvalue weighted by Gasteiger charge is -2.08. The molecule has 1 atom stereocenters. The molecule has 3 aromatic rings. The maximum absolute atomic E-state index is 14.7. The largest absolute Gasteiger partial charge is 0.459 e. The number of unbranched alkanes of at least 4 members (excludes halogenated alkanes) is 1. The zero-order valence-corrected chi connectivity index (χ0v) is 16.8. The van der Waals surface area contributed by atoms with Gasteiger partial charge in [-0.3, -0.25) is 0 Å². The summed E-state index contributed by atoms with van der Waals surface area (Å²) in [5, 5.41) is 9.95. The molecular weight excluding hydrogens is 386 g/mol. The lowest BCUT2D eigenvalue weighted by molar-refractivity contribution is 0.182. The summed E-state index contributed by atoms with van der Waals surface area (Å²) in [5.74, 6) is -1.78. The van der Waals surface area contributed by atoms with Crippen molar-refractivity contribution < 1.29 is 18.6 Å². The minimum atomic E-state index is -0.896. The Morgan fingerprint density at radius 1 is 1.20 bits per heavy atom. The summed E-state index contributed by atoms with van der Waals surface area (Å²) in [7, 11) is 0. The zero-order valence-electron chi connectivity index (χ0n) is 16.8. The number of ether oxygens (including phenoxy) is 1. The van der Waals surface area contributed by atoms with Crippen LogP contribution in [0.4, 0.5) is 8.78 Å². The molecule has 1 aromatic heterocycles. The van der Waals surface area contributed by atoms with E-state index in [1.54, 1.807) is 61.7 Å². The number of halogens is 2. The molecule has 0 amide bonds. The second-order valence-electron chi connectivity index (χ2n) is 7.04. The number of benzene rings is 2. The second kappa shape index (κ2) is 10.1. The van der Waals surface area contributed by atoms with Crippen LogP contribution in [-0.2, 0) is 0 Å². The monoisotopic (exact) mass is 410 g/mol. The van der Waals surface area contributed by atoms with Gasteiger partial charge in [0.2, 0.25) is 0 Å². The molecule has 2 aromatic carbocycles. The molecule has 0 aliphatic carbocycles. The van der Waals surface area contributed by atoms with Crippen LogP contribution in [0.1, 0.15) is 31.7 Å². The molecule has 3 rings (SSSR count). The summed E-state index contributed by atoms with van der Waals surface area (Å²) >= 11 is 0. The van der Waals surface area contributed by atoms with Gasteiger partial charge in [-0.25, -0.2) is 13.8 Å². The van der Waals surface area contributed by atoms with Crippen molar-refractivity contribution in [2.45, 2.75) is 32.3 Å². The van der Waals surface area contributed by atoms with E-state index in [0.29, 0.717) is 35.9 Å². The van der Waals surface area contributed by atoms with E-state index < -0.39 is 11.6 Å². The van der Waals surface area contributed by atoms with Gasteiger partial charge in [0.15, 0.2) is 11.6 Å². The van der Waals surface area contributed by atoms with E-state index in [-0.39, 0.29) is 23.2 Å². The molecule has 4 nitrogen and oxygen atoms in total. The van der Waals surface area contributed by atoms with Crippen LogP contribution >= 0.6 is 0 Å². The highest BCUT2D eigenvalue weighted by Gasteiger charge is 2.14. The van der Waals surface area contributed by atoms with Crippen LogP contribution in [0.5, 0.6) is 6.01 Å². The van der Waals surface area contributed by atoms with Gasteiger partial charge in [0.25, 0.3) is 0 Å². The van der Waals surface area contributed by atoms with Gasteiger partial charge in [0.05, 0.1) is 11.6 Å². The summed E-state index contributed by atoms with van der Waals surface area (Å²) in [6, 6.07) is 8.49. The van der Waals surface area contributed by atoms with Crippen LogP contribution in [0, 0.1) is 11.6 Å². The number of hydrogen-bond acceptors (Lipinski definition) is 4. The molecule has 0 bridgehead atoms. The Hall–Kier alpha value is -3.12. The fraction of sp³-hybridized carbons (Fsp3) is 0.250. The number of fused-ring (bicyclic) bond motifs is 1. The molecule has 0 spiro atoms. The van der Waals surface area contributed by atoms with E-state index in [4.69, 9.17) is 4.74 Å². The topological polar surface area (TPSA) is 55.2 Å². The third kappa shape index (κ3) is 5.27. The van der Waals surface area contributed by atoms with E-state index in [0.717, 1.165) is 6.42 Å². The van der Waals surface area contributed by atoms with Gasteiger partial charge >= 0.3 is 6.01 Å². The van der Waals surface area contributed by atoms with Gasteiger partial charge in [0.1, 0.15) is 6.61 Å². The predicted octanol–water partition coefficient (Wildman–Crippen LogP) is 5.70. The molecule has 0 fully saturated rings. The Kier molecular flexibility index (Phi) is 7.25. The third-order valence-corrected chi connectivity index (χ3v) is 4.60. The number of aliphatic hydroxyl groups excluding tert-OH is 1. The standard InChI is InChI=1S/C24H24F2N2O2/c1-3-13-30-24-27-15-19-14-18(10-12-21(19)28-24)20-11-9-17(22(25)23(20)26)8-6-4-5-7-16(2)29/h3,6,8-12,14-16,29H,1,4-5,7,13H2,2H3. The average Bonchev–Trinajstić information content (AvgIpc) is 2.74. The zero-order chi connectivity index (χ0) is 21.5. The van der Waals surface area contributed by atoms with Crippen LogP contribution in [0.2, 0.25) is 0 Å². The van der Waals surface area contributed by atoms with Gasteiger partial charge < -0.3 is 9.84 Å². The molecule has 1 heterocycles. The lowest BCUT2D eigenvalue weighted by Crippen LogP contribution is -1.98. The van der Waals surface area contributed by atoms with Crippen LogP contribution in [0.15, 0.2) is 55.3 Å². The van der Waals surface area contributed by atoms with Crippen molar-refractivity contribution in [3.05, 3.63) is 72.5 Å². The van der Waals surface area contributed by atoms with E-state index in [1.165, 1.54) is 0 Å². The summed E-state index contributed by atoms with van der Waals surface area (Å²) in [6.07, 6.45) is 8.35. The summed E-state index contributed by atoms with van der Waals surface area (Å²) in [6.45, 7) is 5.60. The first-order chi connectivity index (χ1) is 14.5. The Balaban J connectivity index is 1.81. The molecule has 156 valence electrons. The molecule has 0 saturated heterocycles. The van der Waals surface area contributed by atoms with Crippen LogP contribution in [0.3, 0.4) is 0 Å². The van der Waals surface area contributed by atoms with Crippen LogP contribution in [-0.4, -0.2) is 27.8 Å². The first-order valence-corrected chi connectivity index (χ1v) is 9.83. The Morgan fingerprint density at radius 3 is 2.80 bits per heavy atom. The van der Waals surface area contributed by atoms with Gasteiger partial charge in [-0.05, 0) is 43.9 Å². The highest BCUT2D eigenvalue weighted by Crippen LogP contribution is 2.29. The quantitative estimate of drug-likeness (QED) is 0.363. The Morgan fingerprint density at radius 2 is 2.03 bits per heavy atom. The third-order valence-electron chi connectivity index (χ3n) is 4.60. The maximum Gasteiger partial charge on any atom is 0.317 e. The molecule has 1 unspecified atom stereocenters. The normalized spacial score (nSPS) is 12.4. The SMILES string of the molecule is C=CCOc1ncc2cc(-c3ccc(C=CCCCC(C)O)c(F)c3F)ccc2n1. The van der Waals surface area contributed by atoms with Gasteiger partial charge in [-0.2, -0.15) is 4.98 Å². The minimum absolute atomic E-state index is 0.174. The van der Waals surface area contributed by atoms with E-state index in [2.05, 4.69) is 16.5 Å². The smallest absolute Gasteiger partial charge is 0.317 e. The number of hydrogen-bond donors (Lipinski definition) is 1. The minimum Gasteiger partial charge on any atom is -0.459 e. The Labute approximate surface area is 174 Å². The van der Waals surface area contributed by atoms with E-state index in [9.17, 15) is 13.9 Å². The highest BCUT2D eigenvalue weighted by molar-refractivity contribution is 5.84. The fourth-order valence-corrected chi connectivity index (χ4v) is 3.04. The van der Waals surface area contributed by atoms with Gasteiger partial charge in [0, 0.05) is 22.7 Å². The summed E-state index contributed by atoms with van der Waals surface area (Å²) in [5.41, 5.74) is 1.55. The van der Waals surface area contributed by atoms with E-state index in [1.807, 2.05) is 0 Å². The van der Waals surface area contributed by atoms with Crippen molar-refractivity contribution >= 4 is 17.0 Å². The first kappa shape index (κ1) is 21.6. The number of nitrogens with zero attached hydrogens (tertiary/aromatic N) is 2. The molecular formula is C24H24F2N2O2. The summed E-state index contributed by atoms with van der Waals surface area (Å²) < 4.78 is 34.6. The molecule has 0 radical (unpaired) electrons. The molecule has 6 heteroatoms. The van der Waals surface area contributed by atoms with Crippen LogP contribution in [0.25, 0.3) is 28.1 Å². The van der Waals surface area contributed by atoms with Crippen molar-refractivity contribution in [1.82, 2.24) is 9.97 Å². The highest BCUT2D eigenvalue weighted by atomic mass is 19.2. The number of allylic oxidation sites excluding steroid dienone is 1. The van der Waals surface area contributed by atoms with Crippen molar-refractivity contribution in [1.29, 1.82) is 0 Å². The molecule has 0 aliphatic rings. The summed E-state index contributed by atoms with van der Waals surface area (Å²) in [4.78, 5) is 8.41. The number of rotatable bonds is 9. The van der Waals surface area contributed by atoms with Gasteiger partial charge in [-0.15, -0.1) is 0 Å². The van der Waals surface area contributed by atoms with Crippen molar-refractivity contribution in [2.75, 3.05) is 6.61 Å². The Bertz CT molecular complexity index is 1060. The van der Waals surface area contributed by atoms with Crippen LogP contribution < -0.4 is 4.74 Å². The number of aromatic nitrogens is 2. The van der Waals surface area contributed by atoms with Crippen molar-refractivity contribution in [3.63, 3.8) is 0 Å².